The van der Waals surface area contributed by atoms with E-state index in [9.17, 15) is 18.1 Å². The molecule has 2 N–H and O–H groups in total. The lowest BCUT2D eigenvalue weighted by molar-refractivity contribution is -0.262. The molecule has 1 aliphatic rings. The van der Waals surface area contributed by atoms with Gasteiger partial charge >= 0.3 is 0 Å². The smallest absolute Gasteiger partial charge is 0.275 e. The van der Waals surface area contributed by atoms with Crippen LogP contribution >= 0.6 is 0 Å². The first-order valence-electron chi connectivity index (χ1n) is 11.6. The van der Waals surface area contributed by atoms with Gasteiger partial charge in [-0.1, -0.05) is 91.0 Å². The van der Waals surface area contributed by atoms with Crippen molar-refractivity contribution in [3.63, 3.8) is 0 Å². The Morgan fingerprint density at radius 2 is 1.14 bits per heavy atom. The van der Waals surface area contributed by atoms with Gasteiger partial charge in [0.2, 0.25) is 0 Å². The zero-order valence-corrected chi connectivity index (χ0v) is 20.4. The maximum absolute atomic E-state index is 12.3. The maximum atomic E-state index is 12.3. The van der Waals surface area contributed by atoms with Gasteiger partial charge in [-0.3, -0.25) is 4.55 Å². The molecule has 0 aromatic heterocycles. The molecular weight excluding hydrogens is 484 g/mol. The van der Waals surface area contributed by atoms with Crippen LogP contribution in [0.1, 0.15) is 16.7 Å². The van der Waals surface area contributed by atoms with Crippen molar-refractivity contribution in [2.75, 3.05) is 6.61 Å². The minimum atomic E-state index is -4.75. The Labute approximate surface area is 211 Å². The highest BCUT2D eigenvalue weighted by Crippen LogP contribution is 2.31. The predicted molar refractivity (Wildman–Crippen MR) is 132 cm³/mol. The van der Waals surface area contributed by atoms with Crippen molar-refractivity contribution in [1.82, 2.24) is 0 Å². The first-order valence-corrected chi connectivity index (χ1v) is 13.1. The summed E-state index contributed by atoms with van der Waals surface area (Å²) < 4.78 is 58.2. The first kappa shape index (κ1) is 26.4. The van der Waals surface area contributed by atoms with Crippen LogP contribution in [0.2, 0.25) is 0 Å². The average Bonchev–Trinajstić information content (AvgIpc) is 2.88. The minimum Gasteiger partial charge on any atom is -0.374 e. The molecule has 9 heteroatoms. The highest BCUT2D eigenvalue weighted by Gasteiger charge is 2.52. The number of aliphatic hydroxyl groups is 1. The Morgan fingerprint density at radius 3 is 1.61 bits per heavy atom. The third kappa shape index (κ3) is 7.21. The van der Waals surface area contributed by atoms with Gasteiger partial charge < -0.3 is 24.1 Å². The summed E-state index contributed by atoms with van der Waals surface area (Å²) in [7, 11) is -4.75. The van der Waals surface area contributed by atoms with Gasteiger partial charge in [-0.15, -0.1) is 0 Å². The summed E-state index contributed by atoms with van der Waals surface area (Å²) in [5.41, 5.74) is 2.60. The molecule has 36 heavy (non-hydrogen) atoms. The molecule has 3 aromatic carbocycles. The van der Waals surface area contributed by atoms with Gasteiger partial charge in [0, 0.05) is 0 Å². The quantitative estimate of drug-likeness (QED) is 0.375. The molecule has 0 bridgehead atoms. The summed E-state index contributed by atoms with van der Waals surface area (Å²) in [6.07, 6.45) is -4.87. The molecule has 192 valence electrons. The zero-order valence-electron chi connectivity index (χ0n) is 19.6. The molecule has 3 aromatic rings. The molecule has 3 unspecified atom stereocenters. The van der Waals surface area contributed by atoms with Gasteiger partial charge in [-0.25, -0.2) is 0 Å². The van der Waals surface area contributed by atoms with Crippen LogP contribution in [0.15, 0.2) is 91.0 Å². The van der Waals surface area contributed by atoms with Crippen LogP contribution < -0.4 is 0 Å². The van der Waals surface area contributed by atoms with Crippen molar-refractivity contribution < 1.29 is 37.0 Å². The van der Waals surface area contributed by atoms with Crippen LogP contribution in [0, 0.1) is 0 Å². The van der Waals surface area contributed by atoms with E-state index >= 15 is 0 Å². The second kappa shape index (κ2) is 12.6. The fourth-order valence-electron chi connectivity index (χ4n) is 4.14. The van der Waals surface area contributed by atoms with Gasteiger partial charge in [0.25, 0.3) is 10.1 Å². The molecule has 8 nitrogen and oxygen atoms in total. The van der Waals surface area contributed by atoms with E-state index < -0.39 is 40.0 Å². The van der Waals surface area contributed by atoms with Crippen LogP contribution in [0.25, 0.3) is 0 Å². The normalized spacial score (nSPS) is 24.4. The number of ether oxygens (including phenoxy) is 4. The van der Waals surface area contributed by atoms with Crippen LogP contribution in [0.4, 0.5) is 0 Å². The Morgan fingerprint density at radius 1 is 0.694 bits per heavy atom. The van der Waals surface area contributed by atoms with E-state index in [0.717, 1.165) is 16.7 Å². The van der Waals surface area contributed by atoms with Crippen LogP contribution in [-0.4, -0.2) is 54.5 Å². The Hall–Kier alpha value is -2.63. The third-order valence-electron chi connectivity index (χ3n) is 5.92. The molecule has 4 rings (SSSR count). The summed E-state index contributed by atoms with van der Waals surface area (Å²) >= 11 is 0. The van der Waals surface area contributed by atoms with Gasteiger partial charge in [-0.05, 0) is 16.7 Å². The van der Waals surface area contributed by atoms with E-state index in [4.69, 9.17) is 18.9 Å². The topological polar surface area (TPSA) is 112 Å². The highest BCUT2D eigenvalue weighted by atomic mass is 32.2. The van der Waals surface area contributed by atoms with Gasteiger partial charge in [0.05, 0.1) is 26.4 Å². The first-order chi connectivity index (χ1) is 17.4. The number of hydrogen-bond donors (Lipinski definition) is 2. The Balaban J connectivity index is 1.56. The van der Waals surface area contributed by atoms with Gasteiger partial charge in [-0.2, -0.15) is 8.42 Å². The third-order valence-corrected chi connectivity index (χ3v) is 7.11. The fourth-order valence-corrected chi connectivity index (χ4v) is 5.07. The summed E-state index contributed by atoms with van der Waals surface area (Å²) in [6.45, 7) is 0.491. The number of benzene rings is 3. The summed E-state index contributed by atoms with van der Waals surface area (Å²) in [6, 6.07) is 28.1. The highest BCUT2D eigenvalue weighted by molar-refractivity contribution is 7.86. The van der Waals surface area contributed by atoms with Crippen molar-refractivity contribution in [2.45, 2.75) is 49.7 Å². The molecule has 0 saturated carbocycles. The molecule has 0 amide bonds. The Kier molecular flexibility index (Phi) is 9.22. The number of aliphatic hydroxyl groups excluding tert-OH is 1. The zero-order chi connectivity index (χ0) is 25.4. The van der Waals surface area contributed by atoms with Crippen LogP contribution in [0.3, 0.4) is 0 Å². The van der Waals surface area contributed by atoms with Crippen molar-refractivity contribution in [3.8, 4) is 0 Å². The lowest BCUT2D eigenvalue weighted by atomic mass is 10.00. The standard InChI is InChI=1S/C27H30O8S/c28-27-26(36(29,30)31)25(34-18-22-14-8-3-9-15-22)24(33-17-21-12-6-2-7-13-21)23(35-27)19-32-16-20-10-4-1-5-11-20/h1-15,23-28H,16-19H2,(H,29,30,31)/t23?,24-,25?,26?,27-/m1/s1. The molecule has 5 atom stereocenters. The minimum absolute atomic E-state index is 0.00873. The molecule has 1 fully saturated rings. The van der Waals surface area contributed by atoms with Crippen molar-refractivity contribution in [3.05, 3.63) is 108 Å². The van der Waals surface area contributed by atoms with E-state index in [1.54, 1.807) is 0 Å². The maximum Gasteiger partial charge on any atom is 0.275 e. The monoisotopic (exact) mass is 514 g/mol. The predicted octanol–water partition coefficient (Wildman–Crippen LogP) is 3.35. The second-order valence-corrected chi connectivity index (χ2v) is 10.1. The summed E-state index contributed by atoms with van der Waals surface area (Å²) in [4.78, 5) is 0. The van der Waals surface area contributed by atoms with Crippen molar-refractivity contribution in [2.24, 2.45) is 0 Å². The van der Waals surface area contributed by atoms with E-state index in [-0.39, 0.29) is 19.8 Å². The molecule has 1 saturated heterocycles. The van der Waals surface area contributed by atoms with Gasteiger partial charge in [0.15, 0.2) is 11.5 Å². The summed E-state index contributed by atoms with van der Waals surface area (Å²) in [5.74, 6) is 0. The largest absolute Gasteiger partial charge is 0.374 e. The lowest BCUT2D eigenvalue weighted by Gasteiger charge is -2.43. The molecule has 0 aliphatic carbocycles. The SMILES string of the molecule is O=S(=O)(O)C1C(OCc2ccccc2)[C@H](OCc2ccccc2)C(COCc2ccccc2)O[C@H]1O. The molecule has 1 aliphatic heterocycles. The van der Waals surface area contributed by atoms with Crippen molar-refractivity contribution >= 4 is 10.1 Å². The fraction of sp³-hybridized carbons (Fsp3) is 0.333. The lowest BCUT2D eigenvalue weighted by Crippen LogP contribution is -2.62. The van der Waals surface area contributed by atoms with E-state index in [2.05, 4.69) is 0 Å². The van der Waals surface area contributed by atoms with Crippen LogP contribution in [0.5, 0.6) is 0 Å². The number of hydrogen-bond acceptors (Lipinski definition) is 7. The second-order valence-electron chi connectivity index (χ2n) is 8.57. The molecule has 0 spiro atoms. The molecule has 0 radical (unpaired) electrons. The molecular formula is C27H30O8S. The van der Waals surface area contributed by atoms with Crippen LogP contribution in [-0.2, 0) is 48.9 Å². The molecule has 1 heterocycles. The van der Waals surface area contributed by atoms with Crippen molar-refractivity contribution in [1.29, 1.82) is 0 Å². The number of rotatable bonds is 11. The van der Waals surface area contributed by atoms with Gasteiger partial charge in [0.1, 0.15) is 18.3 Å². The van der Waals surface area contributed by atoms with E-state index in [0.29, 0.717) is 6.61 Å². The summed E-state index contributed by atoms with van der Waals surface area (Å²) in [5, 5.41) is 8.85. The van der Waals surface area contributed by atoms with E-state index in [1.807, 2.05) is 91.0 Å². The average molecular weight is 515 g/mol. The van der Waals surface area contributed by atoms with E-state index in [1.165, 1.54) is 0 Å². The Bertz CT molecular complexity index is 1160.